The SMILES string of the molecule is CC.CC.CCC/C=C(\C)Nc1ncc(Cl)c(NCCCN2CCCCC2=O)n1.CCC1CC1.CCCCCC(C)CCC. The van der Waals surface area contributed by atoms with E-state index >= 15 is 0 Å². The maximum absolute atomic E-state index is 11.8. The molecule has 6 nitrogen and oxygen atoms in total. The molecule has 2 fully saturated rings. The topological polar surface area (TPSA) is 70.2 Å². The number of aromatic nitrogens is 2. The molecule has 2 aliphatic rings. The molecule has 44 heavy (non-hydrogen) atoms. The van der Waals surface area contributed by atoms with Crippen molar-refractivity contribution in [3.8, 4) is 0 Å². The van der Waals surface area contributed by atoms with E-state index < -0.39 is 0 Å². The molecule has 7 heteroatoms. The highest BCUT2D eigenvalue weighted by atomic mass is 35.5. The van der Waals surface area contributed by atoms with Gasteiger partial charge in [-0.05, 0) is 44.4 Å². The fourth-order valence-corrected chi connectivity index (χ4v) is 4.78. The highest BCUT2D eigenvalue weighted by molar-refractivity contribution is 6.32. The number of hydrogen-bond donors (Lipinski definition) is 2. The molecule has 258 valence electrons. The minimum Gasteiger partial charge on any atom is -0.369 e. The van der Waals surface area contributed by atoms with E-state index in [-0.39, 0.29) is 5.91 Å². The van der Waals surface area contributed by atoms with Crippen LogP contribution in [-0.4, -0.2) is 40.4 Å². The molecule has 0 bridgehead atoms. The van der Waals surface area contributed by atoms with Gasteiger partial charge < -0.3 is 15.5 Å². The first-order valence-corrected chi connectivity index (χ1v) is 18.7. The number of rotatable bonds is 16. The summed E-state index contributed by atoms with van der Waals surface area (Å²) in [6.07, 6.45) is 22.4. The predicted molar refractivity (Wildman–Crippen MR) is 197 cm³/mol. The lowest BCUT2D eigenvalue weighted by molar-refractivity contribution is -0.133. The number of likely N-dealkylation sites (tertiary alicyclic amines) is 1. The number of allylic oxidation sites excluding steroid dienone is 2. The number of amides is 1. The maximum atomic E-state index is 11.8. The van der Waals surface area contributed by atoms with Gasteiger partial charge in [0.25, 0.3) is 0 Å². The van der Waals surface area contributed by atoms with E-state index in [1.165, 1.54) is 57.8 Å². The van der Waals surface area contributed by atoms with Crippen LogP contribution >= 0.6 is 11.6 Å². The van der Waals surface area contributed by atoms with Gasteiger partial charge in [-0.2, -0.15) is 4.98 Å². The first kappa shape index (κ1) is 44.3. The Hall–Kier alpha value is -1.82. The van der Waals surface area contributed by atoms with Crippen molar-refractivity contribution < 1.29 is 4.79 Å². The predicted octanol–water partition coefficient (Wildman–Crippen LogP) is 11.9. The summed E-state index contributed by atoms with van der Waals surface area (Å²) < 4.78 is 0. The minimum absolute atomic E-state index is 0.271. The summed E-state index contributed by atoms with van der Waals surface area (Å²) in [5, 5.41) is 6.92. The van der Waals surface area contributed by atoms with Gasteiger partial charge in [-0.3, -0.25) is 4.79 Å². The van der Waals surface area contributed by atoms with Gasteiger partial charge in [0.15, 0.2) is 0 Å². The highest BCUT2D eigenvalue weighted by Gasteiger charge is 2.18. The molecule has 2 heterocycles. The van der Waals surface area contributed by atoms with Crippen molar-refractivity contribution >= 4 is 29.3 Å². The molecule has 0 aromatic carbocycles. The third kappa shape index (κ3) is 24.5. The molecule has 0 radical (unpaired) electrons. The van der Waals surface area contributed by atoms with Crippen LogP contribution in [0.1, 0.15) is 166 Å². The summed E-state index contributed by atoms with van der Waals surface area (Å²) in [5.41, 5.74) is 1.03. The van der Waals surface area contributed by atoms with Crippen LogP contribution < -0.4 is 10.6 Å². The lowest BCUT2D eigenvalue weighted by atomic mass is 9.99. The molecule has 1 aromatic heterocycles. The van der Waals surface area contributed by atoms with Gasteiger partial charge in [-0.1, -0.05) is 144 Å². The Morgan fingerprint density at radius 3 is 2.27 bits per heavy atom. The normalized spacial score (nSPS) is 14.8. The number of unbranched alkanes of at least 4 members (excludes halogenated alkanes) is 3. The molecule has 1 atom stereocenters. The van der Waals surface area contributed by atoms with Crippen LogP contribution in [0.25, 0.3) is 0 Å². The molecule has 1 aliphatic heterocycles. The van der Waals surface area contributed by atoms with E-state index in [0.29, 0.717) is 29.8 Å². The lowest BCUT2D eigenvalue weighted by Crippen LogP contribution is -2.36. The molecular formula is C37H72ClN5O. The van der Waals surface area contributed by atoms with Gasteiger partial charge in [0.2, 0.25) is 11.9 Å². The molecule has 3 rings (SSSR count). The third-order valence-corrected chi connectivity index (χ3v) is 7.74. The van der Waals surface area contributed by atoms with Crippen LogP contribution in [0, 0.1) is 11.8 Å². The molecule has 2 N–H and O–H groups in total. The Morgan fingerprint density at radius 1 is 1.02 bits per heavy atom. The first-order valence-electron chi connectivity index (χ1n) is 18.3. The fraction of sp³-hybridized carbons (Fsp3) is 0.811. The summed E-state index contributed by atoms with van der Waals surface area (Å²) in [6.45, 7) is 23.7. The number of anilines is 2. The molecule has 1 aliphatic carbocycles. The average Bonchev–Trinajstić information content (AvgIpc) is 3.89. The zero-order valence-corrected chi connectivity index (χ0v) is 31.4. The van der Waals surface area contributed by atoms with E-state index in [1.807, 2.05) is 39.5 Å². The van der Waals surface area contributed by atoms with Gasteiger partial charge in [-0.25, -0.2) is 4.98 Å². The lowest BCUT2D eigenvalue weighted by Gasteiger charge is -2.26. The van der Waals surface area contributed by atoms with Crippen LogP contribution in [0.2, 0.25) is 5.02 Å². The van der Waals surface area contributed by atoms with E-state index in [1.54, 1.807) is 6.20 Å². The maximum Gasteiger partial charge on any atom is 0.228 e. The molecular weight excluding hydrogens is 566 g/mol. The quantitative estimate of drug-likeness (QED) is 0.176. The van der Waals surface area contributed by atoms with Crippen molar-refractivity contribution in [2.45, 2.75) is 166 Å². The summed E-state index contributed by atoms with van der Waals surface area (Å²) in [6, 6.07) is 0. The van der Waals surface area contributed by atoms with Crippen molar-refractivity contribution in [1.29, 1.82) is 0 Å². The third-order valence-electron chi connectivity index (χ3n) is 7.47. The molecule has 1 saturated carbocycles. The summed E-state index contributed by atoms with van der Waals surface area (Å²) in [5.74, 6) is 3.52. The van der Waals surface area contributed by atoms with Crippen molar-refractivity contribution in [1.82, 2.24) is 14.9 Å². The second-order valence-corrected chi connectivity index (χ2v) is 12.0. The standard InChI is InChI=1S/C18H28ClN5O.C10H22.C5H10.2C2H6/c1-3-4-8-14(2)22-18-21-13-15(19)17(23-18)20-10-7-12-24-11-6-5-9-16(24)25;1-4-6-7-9-10(3)8-5-2;1-2-5-3-4-5;2*1-2/h8,13H,3-7,9-12H2,1-2H3,(H2,20,21,22,23);10H,4-9H2,1-3H3;5H,2-4H2,1H3;2*1-2H3/b14-8+;;;;. The Bertz CT molecular complexity index is 828. The molecule has 1 unspecified atom stereocenters. The highest BCUT2D eigenvalue weighted by Crippen LogP contribution is 2.31. The van der Waals surface area contributed by atoms with Crippen LogP contribution in [0.4, 0.5) is 11.8 Å². The Labute approximate surface area is 279 Å². The number of piperidine rings is 1. The minimum atomic E-state index is 0.271. The van der Waals surface area contributed by atoms with Gasteiger partial charge in [-0.15, -0.1) is 0 Å². The molecule has 1 amide bonds. The second kappa shape index (κ2) is 31.2. The van der Waals surface area contributed by atoms with Crippen LogP contribution in [0.3, 0.4) is 0 Å². The smallest absolute Gasteiger partial charge is 0.228 e. The van der Waals surface area contributed by atoms with E-state index in [0.717, 1.165) is 62.7 Å². The zero-order chi connectivity index (χ0) is 33.6. The van der Waals surface area contributed by atoms with E-state index in [4.69, 9.17) is 11.6 Å². The Kier molecular flexibility index (Phi) is 31.4. The van der Waals surface area contributed by atoms with Gasteiger partial charge in [0.1, 0.15) is 10.8 Å². The monoisotopic (exact) mass is 638 g/mol. The van der Waals surface area contributed by atoms with Crippen molar-refractivity contribution in [3.05, 3.63) is 23.0 Å². The Balaban J connectivity index is 0. The number of carbonyl (C=O) groups is 1. The van der Waals surface area contributed by atoms with Crippen molar-refractivity contribution in [3.63, 3.8) is 0 Å². The van der Waals surface area contributed by atoms with Crippen LogP contribution in [-0.2, 0) is 4.79 Å². The zero-order valence-electron chi connectivity index (χ0n) is 30.7. The van der Waals surface area contributed by atoms with Gasteiger partial charge >= 0.3 is 0 Å². The Morgan fingerprint density at radius 2 is 1.73 bits per heavy atom. The van der Waals surface area contributed by atoms with Crippen LogP contribution in [0.15, 0.2) is 18.0 Å². The van der Waals surface area contributed by atoms with E-state index in [9.17, 15) is 4.79 Å². The number of nitrogens with zero attached hydrogens (tertiary/aromatic N) is 3. The largest absolute Gasteiger partial charge is 0.369 e. The number of halogens is 1. The molecule has 0 spiro atoms. The second-order valence-electron chi connectivity index (χ2n) is 11.6. The fourth-order valence-electron chi connectivity index (χ4n) is 4.62. The summed E-state index contributed by atoms with van der Waals surface area (Å²) in [4.78, 5) is 22.4. The number of hydrogen-bond acceptors (Lipinski definition) is 5. The van der Waals surface area contributed by atoms with E-state index in [2.05, 4.69) is 61.3 Å². The summed E-state index contributed by atoms with van der Waals surface area (Å²) in [7, 11) is 0. The van der Waals surface area contributed by atoms with Gasteiger partial charge in [0.05, 0.1) is 6.20 Å². The molecule has 1 aromatic rings. The van der Waals surface area contributed by atoms with Gasteiger partial charge in [0, 0.05) is 31.8 Å². The van der Waals surface area contributed by atoms with Crippen LogP contribution in [0.5, 0.6) is 0 Å². The molecule has 1 saturated heterocycles. The number of nitrogens with one attached hydrogen (secondary N) is 2. The van der Waals surface area contributed by atoms with Crippen molar-refractivity contribution in [2.75, 3.05) is 30.3 Å². The van der Waals surface area contributed by atoms with Crippen molar-refractivity contribution in [2.24, 2.45) is 11.8 Å². The number of carbonyl (C=O) groups excluding carboxylic acids is 1. The first-order chi connectivity index (χ1) is 21.3. The summed E-state index contributed by atoms with van der Waals surface area (Å²) >= 11 is 6.17. The average molecular weight is 638 g/mol.